The summed E-state index contributed by atoms with van der Waals surface area (Å²) in [6.07, 6.45) is -1.06. The van der Waals surface area contributed by atoms with Crippen molar-refractivity contribution in [3.63, 3.8) is 0 Å². The van der Waals surface area contributed by atoms with E-state index in [4.69, 9.17) is 9.26 Å². The number of esters is 1. The van der Waals surface area contributed by atoms with Crippen LogP contribution in [0, 0.1) is 13.8 Å². The van der Waals surface area contributed by atoms with Crippen LogP contribution in [0.25, 0.3) is 0 Å². The number of rotatable bonds is 4. The molecule has 0 bridgehead atoms. The molecule has 1 N–H and O–H groups in total. The molecule has 0 unspecified atom stereocenters. The number of benzene rings is 1. The van der Waals surface area contributed by atoms with Gasteiger partial charge in [-0.3, -0.25) is 19.3 Å². The number of para-hydroxylation sites is 2. The SMILES string of the molecule is Cc1noc(C)c1CC(=O)O[C@@H](C)C(=O)N1CC(=O)Nc2ccccc21. The summed E-state index contributed by atoms with van der Waals surface area (Å²) in [6.45, 7) is 4.81. The predicted molar refractivity (Wildman–Crippen MR) is 92.7 cm³/mol. The molecule has 0 saturated carbocycles. The van der Waals surface area contributed by atoms with Crippen LogP contribution < -0.4 is 10.2 Å². The molecule has 0 radical (unpaired) electrons. The number of hydrogen-bond acceptors (Lipinski definition) is 6. The zero-order chi connectivity index (χ0) is 18.8. The standard InChI is InChI=1S/C18H19N3O5/c1-10-13(11(2)26-20-10)8-17(23)25-12(3)18(24)21-9-16(22)19-14-6-4-5-7-15(14)21/h4-7,12H,8-9H2,1-3H3,(H,19,22)/t12-/m0/s1. The highest BCUT2D eigenvalue weighted by Gasteiger charge is 2.31. The molecule has 136 valence electrons. The van der Waals surface area contributed by atoms with E-state index in [1.54, 1.807) is 38.1 Å². The average molecular weight is 357 g/mol. The van der Waals surface area contributed by atoms with Crippen molar-refractivity contribution in [1.29, 1.82) is 0 Å². The Labute approximate surface area is 150 Å². The number of hydrogen-bond donors (Lipinski definition) is 1. The van der Waals surface area contributed by atoms with E-state index < -0.39 is 18.0 Å². The molecule has 1 aromatic heterocycles. The Balaban J connectivity index is 1.70. The summed E-state index contributed by atoms with van der Waals surface area (Å²) in [5.74, 6) is -0.777. The maximum atomic E-state index is 12.7. The quantitative estimate of drug-likeness (QED) is 0.837. The van der Waals surface area contributed by atoms with Gasteiger partial charge in [0.2, 0.25) is 5.91 Å². The maximum absolute atomic E-state index is 12.7. The zero-order valence-electron chi connectivity index (χ0n) is 14.7. The van der Waals surface area contributed by atoms with Crippen molar-refractivity contribution in [3.8, 4) is 0 Å². The molecule has 3 rings (SSSR count). The van der Waals surface area contributed by atoms with Gasteiger partial charge in [-0.25, -0.2) is 0 Å². The highest BCUT2D eigenvalue weighted by molar-refractivity contribution is 6.11. The van der Waals surface area contributed by atoms with E-state index in [9.17, 15) is 14.4 Å². The number of carbonyl (C=O) groups is 3. The Morgan fingerprint density at radius 1 is 1.35 bits per heavy atom. The Hall–Kier alpha value is -3.16. The third-order valence-corrected chi connectivity index (χ3v) is 4.20. The molecule has 0 fully saturated rings. The monoisotopic (exact) mass is 357 g/mol. The first-order valence-corrected chi connectivity index (χ1v) is 8.18. The molecule has 1 atom stereocenters. The molecule has 2 heterocycles. The fourth-order valence-corrected chi connectivity index (χ4v) is 2.84. The number of nitrogens with zero attached hydrogens (tertiary/aromatic N) is 2. The number of ether oxygens (including phenoxy) is 1. The Morgan fingerprint density at radius 3 is 2.77 bits per heavy atom. The molecule has 2 aromatic rings. The highest BCUT2D eigenvalue weighted by Crippen LogP contribution is 2.29. The molecule has 26 heavy (non-hydrogen) atoms. The van der Waals surface area contributed by atoms with Crippen LogP contribution in [-0.2, 0) is 25.5 Å². The van der Waals surface area contributed by atoms with Crippen LogP contribution in [-0.4, -0.2) is 35.6 Å². The first kappa shape index (κ1) is 17.7. The van der Waals surface area contributed by atoms with Crippen LogP contribution in [0.15, 0.2) is 28.8 Å². The van der Waals surface area contributed by atoms with E-state index in [0.717, 1.165) is 0 Å². The highest BCUT2D eigenvalue weighted by atomic mass is 16.5. The van der Waals surface area contributed by atoms with Crippen molar-refractivity contribution < 1.29 is 23.6 Å². The maximum Gasteiger partial charge on any atom is 0.311 e. The van der Waals surface area contributed by atoms with Gasteiger partial charge in [-0.05, 0) is 32.9 Å². The third-order valence-electron chi connectivity index (χ3n) is 4.20. The van der Waals surface area contributed by atoms with Crippen LogP contribution in [0.2, 0.25) is 0 Å². The molecule has 8 nitrogen and oxygen atoms in total. The first-order chi connectivity index (χ1) is 12.4. The number of aromatic nitrogens is 1. The van der Waals surface area contributed by atoms with Crippen molar-refractivity contribution in [2.24, 2.45) is 0 Å². The smallest absolute Gasteiger partial charge is 0.311 e. The van der Waals surface area contributed by atoms with E-state index in [2.05, 4.69) is 10.5 Å². The third kappa shape index (κ3) is 3.44. The lowest BCUT2D eigenvalue weighted by molar-refractivity contribution is -0.153. The summed E-state index contributed by atoms with van der Waals surface area (Å²) < 4.78 is 10.3. The van der Waals surface area contributed by atoms with Crippen LogP contribution in [0.4, 0.5) is 11.4 Å². The fraction of sp³-hybridized carbons (Fsp3) is 0.333. The van der Waals surface area contributed by atoms with Crippen molar-refractivity contribution >= 4 is 29.2 Å². The number of nitrogens with one attached hydrogen (secondary N) is 1. The van der Waals surface area contributed by atoms with Gasteiger partial charge < -0.3 is 14.6 Å². The minimum atomic E-state index is -1.03. The van der Waals surface area contributed by atoms with Gasteiger partial charge in [0.25, 0.3) is 5.91 Å². The molecule has 1 aromatic carbocycles. The Morgan fingerprint density at radius 2 is 2.08 bits per heavy atom. The second-order valence-electron chi connectivity index (χ2n) is 6.10. The molecular formula is C18H19N3O5. The molecule has 1 aliphatic heterocycles. The van der Waals surface area contributed by atoms with Crippen molar-refractivity contribution in [2.45, 2.75) is 33.3 Å². The Kier molecular flexibility index (Phi) is 4.75. The number of carbonyl (C=O) groups excluding carboxylic acids is 3. The van der Waals surface area contributed by atoms with Gasteiger partial charge >= 0.3 is 5.97 Å². The fourth-order valence-electron chi connectivity index (χ4n) is 2.84. The van der Waals surface area contributed by atoms with Crippen LogP contribution in [0.3, 0.4) is 0 Å². The number of fused-ring (bicyclic) bond motifs is 1. The molecule has 0 aliphatic carbocycles. The molecular weight excluding hydrogens is 338 g/mol. The predicted octanol–water partition coefficient (Wildman–Crippen LogP) is 1.75. The van der Waals surface area contributed by atoms with Crippen molar-refractivity contribution in [2.75, 3.05) is 16.8 Å². The largest absolute Gasteiger partial charge is 0.452 e. The summed E-state index contributed by atoms with van der Waals surface area (Å²) in [6, 6.07) is 6.97. The van der Waals surface area contributed by atoms with E-state index in [0.29, 0.717) is 28.4 Å². The van der Waals surface area contributed by atoms with Gasteiger partial charge in [-0.15, -0.1) is 0 Å². The van der Waals surface area contributed by atoms with Crippen LogP contribution in [0.1, 0.15) is 23.9 Å². The summed E-state index contributed by atoms with van der Waals surface area (Å²) in [7, 11) is 0. The van der Waals surface area contributed by atoms with Crippen LogP contribution in [0.5, 0.6) is 0 Å². The minimum Gasteiger partial charge on any atom is -0.452 e. The van der Waals surface area contributed by atoms with Gasteiger partial charge in [-0.2, -0.15) is 0 Å². The van der Waals surface area contributed by atoms with E-state index in [-0.39, 0.29) is 18.9 Å². The summed E-state index contributed by atoms with van der Waals surface area (Å²) >= 11 is 0. The van der Waals surface area contributed by atoms with E-state index in [1.165, 1.54) is 11.8 Å². The summed E-state index contributed by atoms with van der Waals surface area (Å²) in [5, 5.41) is 6.50. The van der Waals surface area contributed by atoms with Gasteiger partial charge in [-0.1, -0.05) is 17.3 Å². The van der Waals surface area contributed by atoms with Gasteiger partial charge in [0.05, 0.1) is 23.5 Å². The molecule has 2 amide bonds. The second kappa shape index (κ2) is 6.99. The summed E-state index contributed by atoms with van der Waals surface area (Å²) in [4.78, 5) is 38.1. The second-order valence-corrected chi connectivity index (χ2v) is 6.10. The van der Waals surface area contributed by atoms with Gasteiger partial charge in [0, 0.05) is 5.56 Å². The number of aryl methyl sites for hydroxylation is 2. The van der Waals surface area contributed by atoms with Gasteiger partial charge in [0.15, 0.2) is 6.10 Å². The number of anilines is 2. The zero-order valence-corrected chi connectivity index (χ0v) is 14.7. The molecule has 1 aliphatic rings. The topological polar surface area (TPSA) is 102 Å². The van der Waals surface area contributed by atoms with Gasteiger partial charge in [0.1, 0.15) is 12.3 Å². The first-order valence-electron chi connectivity index (χ1n) is 8.18. The summed E-state index contributed by atoms with van der Waals surface area (Å²) in [5.41, 5.74) is 2.38. The molecule has 0 spiro atoms. The van der Waals surface area contributed by atoms with Crippen molar-refractivity contribution in [1.82, 2.24) is 5.16 Å². The Bertz CT molecular complexity index is 854. The average Bonchev–Trinajstić information content (AvgIpc) is 2.92. The number of amides is 2. The molecule has 0 saturated heterocycles. The van der Waals surface area contributed by atoms with E-state index in [1.807, 2.05) is 0 Å². The van der Waals surface area contributed by atoms with Crippen LogP contribution >= 0.6 is 0 Å². The molecule has 8 heteroatoms. The lowest BCUT2D eigenvalue weighted by Crippen LogP contribution is -2.47. The van der Waals surface area contributed by atoms with Crippen molar-refractivity contribution in [3.05, 3.63) is 41.3 Å². The minimum absolute atomic E-state index is 0.0319. The normalized spacial score (nSPS) is 14.4. The van der Waals surface area contributed by atoms with E-state index >= 15 is 0 Å². The lowest BCUT2D eigenvalue weighted by Gasteiger charge is -2.30. The lowest BCUT2D eigenvalue weighted by atomic mass is 10.1.